The smallest absolute Gasteiger partial charge is 0.406 e. The van der Waals surface area contributed by atoms with Gasteiger partial charge in [0.25, 0.3) is 0 Å². The maximum Gasteiger partial charge on any atom is 0.406 e. The van der Waals surface area contributed by atoms with Crippen molar-refractivity contribution in [2.75, 3.05) is 6.54 Å². The lowest BCUT2D eigenvalue weighted by molar-refractivity contribution is -0.165. The van der Waals surface area contributed by atoms with Crippen molar-refractivity contribution >= 4 is 5.97 Å². The van der Waals surface area contributed by atoms with Gasteiger partial charge in [0.1, 0.15) is 5.54 Å². The molecule has 100 valence electrons. The highest BCUT2D eigenvalue weighted by molar-refractivity contribution is 5.84. The molecule has 1 saturated carbocycles. The second-order valence-electron chi connectivity index (χ2n) is 4.18. The van der Waals surface area contributed by atoms with Crippen molar-refractivity contribution in [1.29, 1.82) is 0 Å². The number of carbonyl (C=O) groups is 1. The maximum absolute atomic E-state index is 12.6. The summed E-state index contributed by atoms with van der Waals surface area (Å²) in [6, 6.07) is 0. The molecule has 0 aromatic carbocycles. The molecule has 1 aliphatic carbocycles. The van der Waals surface area contributed by atoms with Gasteiger partial charge in [-0.15, -0.1) is 5.10 Å². The molecule has 1 heterocycles. The average molecular weight is 264 g/mol. The zero-order valence-corrected chi connectivity index (χ0v) is 9.24. The lowest BCUT2D eigenvalue weighted by atomic mass is 10.2. The van der Waals surface area contributed by atoms with Gasteiger partial charge in [0.2, 0.25) is 0 Å². The highest BCUT2D eigenvalue weighted by Crippen LogP contribution is 2.48. The van der Waals surface area contributed by atoms with E-state index in [4.69, 9.17) is 5.11 Å². The summed E-state index contributed by atoms with van der Waals surface area (Å²) in [5.41, 5.74) is -1.99. The summed E-state index contributed by atoms with van der Waals surface area (Å²) in [7, 11) is 0. The fourth-order valence-electron chi connectivity index (χ4n) is 1.60. The minimum Gasteiger partial charge on any atom is -0.476 e. The number of hydrogen-bond donors (Lipinski definition) is 2. The van der Waals surface area contributed by atoms with Gasteiger partial charge in [0.05, 0.1) is 12.7 Å². The summed E-state index contributed by atoms with van der Waals surface area (Å²) in [4.78, 5) is 10.5. The third-order valence-electron chi connectivity index (χ3n) is 2.85. The third-order valence-corrected chi connectivity index (χ3v) is 2.85. The number of rotatable bonds is 5. The van der Waals surface area contributed by atoms with E-state index in [0.717, 1.165) is 0 Å². The van der Waals surface area contributed by atoms with Crippen LogP contribution in [0.3, 0.4) is 0 Å². The Labute approximate surface area is 99.8 Å². The number of nitrogens with one attached hydrogen (secondary N) is 1. The fraction of sp³-hybridized carbons (Fsp3) is 0.667. The van der Waals surface area contributed by atoms with E-state index < -0.39 is 17.7 Å². The van der Waals surface area contributed by atoms with Crippen LogP contribution in [-0.2, 0) is 6.54 Å². The van der Waals surface area contributed by atoms with E-state index in [2.05, 4.69) is 15.6 Å². The van der Waals surface area contributed by atoms with Gasteiger partial charge in [-0.3, -0.25) is 4.68 Å². The van der Waals surface area contributed by atoms with Gasteiger partial charge in [-0.2, -0.15) is 13.2 Å². The third kappa shape index (κ3) is 2.45. The van der Waals surface area contributed by atoms with E-state index in [0.29, 0.717) is 0 Å². The number of nitrogens with zero attached hydrogens (tertiary/aromatic N) is 3. The van der Waals surface area contributed by atoms with Gasteiger partial charge in [0, 0.05) is 6.54 Å². The summed E-state index contributed by atoms with van der Waals surface area (Å²) in [5, 5.41) is 17.9. The van der Waals surface area contributed by atoms with Crippen LogP contribution in [0.1, 0.15) is 23.3 Å². The molecule has 6 nitrogen and oxygen atoms in total. The first-order chi connectivity index (χ1) is 8.34. The topological polar surface area (TPSA) is 80.0 Å². The lowest BCUT2D eigenvalue weighted by Crippen LogP contribution is -2.46. The maximum atomic E-state index is 12.6. The Kier molecular flexibility index (Phi) is 3.01. The van der Waals surface area contributed by atoms with Crippen LogP contribution in [-0.4, -0.2) is 44.3 Å². The van der Waals surface area contributed by atoms with Crippen LogP contribution in [0.5, 0.6) is 0 Å². The van der Waals surface area contributed by atoms with E-state index in [-0.39, 0.29) is 31.6 Å². The van der Waals surface area contributed by atoms with Gasteiger partial charge < -0.3 is 10.4 Å². The molecule has 1 aromatic rings. The Hall–Kier alpha value is -1.64. The molecule has 0 radical (unpaired) electrons. The Morgan fingerprint density at radius 2 is 2.22 bits per heavy atom. The average Bonchev–Trinajstić information content (AvgIpc) is 2.89. The standard InChI is InChI=1S/C9H11F3N4O2/c10-9(11,12)8(1-2-8)13-3-4-16-5-6(7(17)18)14-15-16/h5,13H,1-4H2,(H,17,18). The monoisotopic (exact) mass is 264 g/mol. The summed E-state index contributed by atoms with van der Waals surface area (Å²) >= 11 is 0. The molecule has 1 fully saturated rings. The SMILES string of the molecule is O=C(O)c1cn(CCNC2(C(F)(F)F)CC2)nn1. The van der Waals surface area contributed by atoms with Crippen LogP contribution in [0.25, 0.3) is 0 Å². The summed E-state index contributed by atoms with van der Waals surface area (Å²) < 4.78 is 38.9. The molecule has 0 bridgehead atoms. The molecular formula is C9H11F3N4O2. The van der Waals surface area contributed by atoms with Gasteiger partial charge in [0.15, 0.2) is 5.69 Å². The number of carboxylic acid groups (broad SMARTS) is 1. The van der Waals surface area contributed by atoms with Crippen molar-refractivity contribution < 1.29 is 23.1 Å². The first-order valence-corrected chi connectivity index (χ1v) is 5.29. The molecule has 18 heavy (non-hydrogen) atoms. The molecule has 9 heteroatoms. The van der Waals surface area contributed by atoms with E-state index in [9.17, 15) is 18.0 Å². The molecule has 1 aliphatic rings. The zero-order valence-electron chi connectivity index (χ0n) is 9.24. The lowest BCUT2D eigenvalue weighted by Gasteiger charge is -2.20. The molecule has 0 amide bonds. The van der Waals surface area contributed by atoms with Crippen molar-refractivity contribution in [3.8, 4) is 0 Å². The predicted octanol–water partition coefficient (Wildman–Crippen LogP) is 0.661. The first-order valence-electron chi connectivity index (χ1n) is 5.29. The summed E-state index contributed by atoms with van der Waals surface area (Å²) in [6.45, 7) is 0.194. The Morgan fingerprint density at radius 1 is 1.56 bits per heavy atom. The molecule has 0 atom stereocenters. The minimum atomic E-state index is -4.25. The number of halogens is 3. The summed E-state index contributed by atoms with van der Waals surface area (Å²) in [6.07, 6.45) is -2.92. The largest absolute Gasteiger partial charge is 0.476 e. The normalized spacial score (nSPS) is 17.7. The minimum absolute atomic E-state index is 0.0575. The van der Waals surface area contributed by atoms with E-state index in [1.165, 1.54) is 10.9 Å². The van der Waals surface area contributed by atoms with Gasteiger partial charge in [-0.1, -0.05) is 5.21 Å². The molecule has 0 aliphatic heterocycles. The van der Waals surface area contributed by atoms with Crippen LogP contribution in [0.4, 0.5) is 13.2 Å². The molecular weight excluding hydrogens is 253 g/mol. The van der Waals surface area contributed by atoms with Gasteiger partial charge in [-0.05, 0) is 12.8 Å². The molecule has 0 spiro atoms. The van der Waals surface area contributed by atoms with E-state index in [1.54, 1.807) is 0 Å². The van der Waals surface area contributed by atoms with Crippen molar-refractivity contribution in [3.63, 3.8) is 0 Å². The number of alkyl halides is 3. The van der Waals surface area contributed by atoms with Crippen LogP contribution >= 0.6 is 0 Å². The van der Waals surface area contributed by atoms with Gasteiger partial charge in [-0.25, -0.2) is 4.79 Å². The highest BCUT2D eigenvalue weighted by Gasteiger charge is 2.62. The molecule has 0 unspecified atom stereocenters. The zero-order chi connectivity index (χ0) is 13.4. The highest BCUT2D eigenvalue weighted by atomic mass is 19.4. The van der Waals surface area contributed by atoms with E-state index in [1.807, 2.05) is 0 Å². The fourth-order valence-corrected chi connectivity index (χ4v) is 1.60. The van der Waals surface area contributed by atoms with Crippen LogP contribution in [0.2, 0.25) is 0 Å². The van der Waals surface area contributed by atoms with Crippen molar-refractivity contribution in [2.24, 2.45) is 0 Å². The Balaban J connectivity index is 1.84. The Bertz CT molecular complexity index is 453. The number of aromatic carboxylic acids is 1. The van der Waals surface area contributed by atoms with E-state index >= 15 is 0 Å². The van der Waals surface area contributed by atoms with Crippen molar-refractivity contribution in [1.82, 2.24) is 20.3 Å². The number of carboxylic acids is 1. The van der Waals surface area contributed by atoms with Gasteiger partial charge >= 0.3 is 12.1 Å². The van der Waals surface area contributed by atoms with Crippen LogP contribution < -0.4 is 5.32 Å². The van der Waals surface area contributed by atoms with Crippen LogP contribution in [0, 0.1) is 0 Å². The first kappa shape index (κ1) is 12.8. The van der Waals surface area contributed by atoms with Crippen molar-refractivity contribution in [2.45, 2.75) is 31.1 Å². The molecule has 1 aromatic heterocycles. The Morgan fingerprint density at radius 3 is 2.67 bits per heavy atom. The number of hydrogen-bond acceptors (Lipinski definition) is 4. The molecule has 2 N–H and O–H groups in total. The number of aromatic nitrogens is 3. The summed E-state index contributed by atoms with van der Waals surface area (Å²) in [5.74, 6) is -1.22. The molecule has 0 saturated heterocycles. The quantitative estimate of drug-likeness (QED) is 0.816. The second kappa shape index (κ2) is 4.23. The second-order valence-corrected chi connectivity index (χ2v) is 4.18. The van der Waals surface area contributed by atoms with Crippen molar-refractivity contribution in [3.05, 3.63) is 11.9 Å². The molecule has 2 rings (SSSR count). The predicted molar refractivity (Wildman–Crippen MR) is 53.0 cm³/mol. The van der Waals surface area contributed by atoms with Crippen LogP contribution in [0.15, 0.2) is 6.20 Å².